The van der Waals surface area contributed by atoms with Gasteiger partial charge in [0.1, 0.15) is 6.10 Å². The third-order valence-electron chi connectivity index (χ3n) is 5.98. The number of rotatable bonds is 1. The second-order valence-corrected chi connectivity index (χ2v) is 8.38. The highest BCUT2D eigenvalue weighted by atomic mass is 32.2. The maximum absolute atomic E-state index is 6.46. The molecule has 1 spiro atoms. The molecule has 3 aliphatic rings. The van der Waals surface area contributed by atoms with Gasteiger partial charge >= 0.3 is 0 Å². The van der Waals surface area contributed by atoms with Gasteiger partial charge in [0.2, 0.25) is 0 Å². The van der Waals surface area contributed by atoms with Crippen LogP contribution < -0.4 is 0 Å². The maximum Gasteiger partial charge on any atom is 0.190 e. The molecule has 2 heteroatoms. The van der Waals surface area contributed by atoms with Crippen molar-refractivity contribution >= 4 is 11.2 Å². The van der Waals surface area contributed by atoms with Crippen molar-refractivity contribution < 1.29 is 4.18 Å². The average molecular weight is 261 g/mol. The molecule has 1 unspecified atom stereocenters. The molecule has 0 radical (unpaired) electrons. The standard InChI is InChI=1S/C16H21OS/c1-15(2)12-8-9-16(15)11-18(17-14(16)10-12)13-6-4-3-5-7-13/h3-7,12,14H,8-11H2,1-2H3/q+1/t12-,14-,16-,18?/m1/s1. The van der Waals surface area contributed by atoms with Crippen LogP contribution in [-0.4, -0.2) is 11.9 Å². The summed E-state index contributed by atoms with van der Waals surface area (Å²) in [5.41, 5.74) is 0.977. The van der Waals surface area contributed by atoms with Crippen molar-refractivity contribution in [1.29, 1.82) is 0 Å². The van der Waals surface area contributed by atoms with E-state index in [-0.39, 0.29) is 11.2 Å². The van der Waals surface area contributed by atoms with Crippen LogP contribution >= 0.6 is 0 Å². The molecule has 2 aliphatic carbocycles. The molecule has 1 aromatic carbocycles. The van der Waals surface area contributed by atoms with Crippen molar-refractivity contribution in [1.82, 2.24) is 0 Å². The quantitative estimate of drug-likeness (QED) is 0.699. The van der Waals surface area contributed by atoms with Crippen LogP contribution in [0.25, 0.3) is 0 Å². The zero-order valence-electron chi connectivity index (χ0n) is 11.2. The third kappa shape index (κ3) is 1.23. The molecule has 1 aliphatic heterocycles. The van der Waals surface area contributed by atoms with E-state index < -0.39 is 0 Å². The van der Waals surface area contributed by atoms with E-state index in [9.17, 15) is 0 Å². The molecule has 4 atom stereocenters. The van der Waals surface area contributed by atoms with Gasteiger partial charge in [-0.1, -0.05) is 32.0 Å². The lowest BCUT2D eigenvalue weighted by Crippen LogP contribution is -2.37. The highest BCUT2D eigenvalue weighted by molar-refractivity contribution is 7.92. The first-order chi connectivity index (χ1) is 8.63. The van der Waals surface area contributed by atoms with E-state index in [2.05, 4.69) is 44.2 Å². The molecule has 3 fully saturated rings. The molecule has 1 nitrogen and oxygen atoms in total. The molecule has 0 aromatic heterocycles. The summed E-state index contributed by atoms with van der Waals surface area (Å²) in [6, 6.07) is 10.8. The minimum atomic E-state index is 0.0414. The summed E-state index contributed by atoms with van der Waals surface area (Å²) in [5, 5.41) is 0. The van der Waals surface area contributed by atoms with Gasteiger partial charge in [-0.25, -0.2) is 0 Å². The van der Waals surface area contributed by atoms with Gasteiger partial charge in [0, 0.05) is 0 Å². The van der Waals surface area contributed by atoms with Gasteiger partial charge < -0.3 is 0 Å². The fourth-order valence-corrected chi connectivity index (χ4v) is 7.12. The van der Waals surface area contributed by atoms with Crippen molar-refractivity contribution in [3.8, 4) is 0 Å². The highest BCUT2D eigenvalue weighted by Gasteiger charge is 2.72. The van der Waals surface area contributed by atoms with Crippen molar-refractivity contribution in [2.45, 2.75) is 44.1 Å². The van der Waals surface area contributed by atoms with Gasteiger partial charge in [-0.05, 0) is 42.7 Å². The van der Waals surface area contributed by atoms with E-state index in [1.165, 1.54) is 29.9 Å². The Kier molecular flexibility index (Phi) is 2.24. The SMILES string of the molecule is CC1(C)[C@@H]2CC[C@]13C[S+](c1ccccc1)O[C@@H]3C2. The van der Waals surface area contributed by atoms with Crippen LogP contribution in [-0.2, 0) is 15.4 Å². The van der Waals surface area contributed by atoms with Crippen molar-refractivity contribution in [2.75, 3.05) is 5.75 Å². The number of benzene rings is 1. The Bertz CT molecular complexity index is 469. The molecule has 18 heavy (non-hydrogen) atoms. The average Bonchev–Trinajstić information content (AvgIpc) is 2.95. The maximum atomic E-state index is 6.46. The Balaban J connectivity index is 1.69. The predicted molar refractivity (Wildman–Crippen MR) is 75.4 cm³/mol. The molecule has 0 amide bonds. The molecule has 0 N–H and O–H groups in total. The zero-order chi connectivity index (χ0) is 12.4. The van der Waals surface area contributed by atoms with Crippen molar-refractivity contribution in [3.63, 3.8) is 0 Å². The lowest BCUT2D eigenvalue weighted by molar-refractivity contribution is 0.0734. The van der Waals surface area contributed by atoms with Crippen molar-refractivity contribution in [2.24, 2.45) is 16.7 Å². The first-order valence-electron chi connectivity index (χ1n) is 7.07. The Labute approximate surface area is 112 Å². The minimum absolute atomic E-state index is 0.0414. The highest BCUT2D eigenvalue weighted by Crippen LogP contribution is 2.69. The molecular weight excluding hydrogens is 240 g/mol. The number of hydrogen-bond acceptors (Lipinski definition) is 1. The largest absolute Gasteiger partial charge is 0.190 e. The van der Waals surface area contributed by atoms with Gasteiger partial charge in [-0.15, -0.1) is 0 Å². The Morgan fingerprint density at radius 1 is 1.22 bits per heavy atom. The summed E-state index contributed by atoms with van der Waals surface area (Å²) in [6.45, 7) is 4.98. The molecule has 96 valence electrons. The van der Waals surface area contributed by atoms with Crippen LogP contribution in [0.4, 0.5) is 0 Å². The van der Waals surface area contributed by atoms with Crippen LogP contribution in [0, 0.1) is 16.7 Å². The van der Waals surface area contributed by atoms with Crippen molar-refractivity contribution in [3.05, 3.63) is 30.3 Å². The van der Waals surface area contributed by atoms with Gasteiger partial charge in [-0.2, -0.15) is 4.18 Å². The van der Waals surface area contributed by atoms with Gasteiger partial charge in [0.15, 0.2) is 21.8 Å². The van der Waals surface area contributed by atoms with Crippen LogP contribution in [0.1, 0.15) is 33.1 Å². The van der Waals surface area contributed by atoms with Gasteiger partial charge in [-0.3, -0.25) is 0 Å². The summed E-state index contributed by atoms with van der Waals surface area (Å²) < 4.78 is 6.46. The normalized spacial score (nSPS) is 44.2. The number of fused-ring (bicyclic) bond motifs is 1. The second kappa shape index (κ2) is 3.55. The fourth-order valence-electron chi connectivity index (χ4n) is 4.60. The molecule has 1 heterocycles. The van der Waals surface area contributed by atoms with E-state index in [4.69, 9.17) is 4.18 Å². The molecule has 1 saturated heterocycles. The molecule has 4 rings (SSSR count). The summed E-state index contributed by atoms with van der Waals surface area (Å²) >= 11 is 0.0414. The van der Waals surface area contributed by atoms with E-state index in [1.54, 1.807) is 0 Å². The fraction of sp³-hybridized carbons (Fsp3) is 0.625. The molecular formula is C16H21OS+. The van der Waals surface area contributed by atoms with Crippen LogP contribution in [0.2, 0.25) is 0 Å². The van der Waals surface area contributed by atoms with E-state index >= 15 is 0 Å². The predicted octanol–water partition coefficient (Wildman–Crippen LogP) is 3.80. The van der Waals surface area contributed by atoms with E-state index in [0.717, 1.165) is 5.92 Å². The Hall–Kier alpha value is -0.470. The van der Waals surface area contributed by atoms with Crippen LogP contribution in [0.3, 0.4) is 0 Å². The summed E-state index contributed by atoms with van der Waals surface area (Å²) in [7, 11) is 0. The molecule has 2 bridgehead atoms. The summed E-state index contributed by atoms with van der Waals surface area (Å²) in [5.74, 6) is 2.18. The van der Waals surface area contributed by atoms with Crippen LogP contribution in [0.15, 0.2) is 35.2 Å². The van der Waals surface area contributed by atoms with Crippen LogP contribution in [0.5, 0.6) is 0 Å². The third-order valence-corrected chi connectivity index (χ3v) is 8.02. The second-order valence-electron chi connectivity index (χ2n) is 6.74. The minimum Gasteiger partial charge on any atom is -0.164 e. The topological polar surface area (TPSA) is 9.23 Å². The van der Waals surface area contributed by atoms with E-state index in [0.29, 0.717) is 16.9 Å². The lowest BCUT2D eigenvalue weighted by atomic mass is 9.70. The smallest absolute Gasteiger partial charge is 0.164 e. The first kappa shape index (κ1) is 11.4. The monoisotopic (exact) mass is 261 g/mol. The first-order valence-corrected chi connectivity index (χ1v) is 8.38. The Morgan fingerprint density at radius 2 is 2.00 bits per heavy atom. The Morgan fingerprint density at radius 3 is 2.67 bits per heavy atom. The summed E-state index contributed by atoms with van der Waals surface area (Å²) in [4.78, 5) is 1.40. The lowest BCUT2D eigenvalue weighted by Gasteiger charge is -2.33. The summed E-state index contributed by atoms with van der Waals surface area (Å²) in [6.07, 6.45) is 4.67. The molecule has 1 aromatic rings. The number of hydrogen-bond donors (Lipinski definition) is 0. The molecule has 2 saturated carbocycles. The zero-order valence-corrected chi connectivity index (χ0v) is 12.0. The van der Waals surface area contributed by atoms with Gasteiger partial charge in [0.25, 0.3) is 0 Å². The van der Waals surface area contributed by atoms with Gasteiger partial charge in [0.05, 0.1) is 5.41 Å². The van der Waals surface area contributed by atoms with E-state index in [1.807, 2.05) is 0 Å².